The summed E-state index contributed by atoms with van der Waals surface area (Å²) in [6, 6.07) is 4.65. The van der Waals surface area contributed by atoms with E-state index < -0.39 is 0 Å². The van der Waals surface area contributed by atoms with E-state index in [1.54, 1.807) is 11.3 Å². The van der Waals surface area contributed by atoms with Crippen LogP contribution in [0.2, 0.25) is 0 Å². The minimum atomic E-state index is 0.118. The van der Waals surface area contributed by atoms with Crippen LogP contribution in [0.1, 0.15) is 29.1 Å². The van der Waals surface area contributed by atoms with Crippen molar-refractivity contribution in [3.05, 3.63) is 21.9 Å². The fourth-order valence-corrected chi connectivity index (χ4v) is 3.86. The van der Waals surface area contributed by atoms with Gasteiger partial charge in [0.2, 0.25) is 5.91 Å². The molecule has 1 aromatic heterocycles. The van der Waals surface area contributed by atoms with Crippen LogP contribution in [0, 0.1) is 6.92 Å². The Morgan fingerprint density at radius 1 is 1.61 bits per heavy atom. The van der Waals surface area contributed by atoms with Crippen molar-refractivity contribution in [1.29, 1.82) is 0 Å². The van der Waals surface area contributed by atoms with Crippen molar-refractivity contribution < 1.29 is 4.79 Å². The van der Waals surface area contributed by atoms with Gasteiger partial charge in [-0.1, -0.05) is 0 Å². The number of hydrogen-bond donors (Lipinski definition) is 2. The van der Waals surface area contributed by atoms with E-state index in [2.05, 4.69) is 29.7 Å². The average Bonchev–Trinajstić information content (AvgIpc) is 2.77. The largest absolute Gasteiger partial charge is 0.349 e. The van der Waals surface area contributed by atoms with Crippen molar-refractivity contribution in [3.8, 4) is 0 Å². The smallest absolute Gasteiger partial charge is 0.222 e. The first kappa shape index (κ1) is 13.9. The fraction of sp³-hybridized carbons (Fsp3) is 0.615. The average molecular weight is 284 g/mol. The number of amides is 1. The highest BCUT2D eigenvalue weighted by atomic mass is 32.2. The summed E-state index contributed by atoms with van der Waals surface area (Å²) in [5.41, 5.74) is 0. The number of aryl methyl sites for hydroxylation is 1. The Balaban J connectivity index is 1.79. The maximum atomic E-state index is 11.9. The maximum absolute atomic E-state index is 11.9. The zero-order chi connectivity index (χ0) is 13.0. The quantitative estimate of drug-likeness (QED) is 0.891. The van der Waals surface area contributed by atoms with Gasteiger partial charge in [0.1, 0.15) is 0 Å². The van der Waals surface area contributed by atoms with Gasteiger partial charge in [0, 0.05) is 40.3 Å². The second kappa shape index (κ2) is 6.59. The molecule has 2 unspecified atom stereocenters. The molecule has 0 aromatic carbocycles. The summed E-state index contributed by atoms with van der Waals surface area (Å²) in [7, 11) is 0. The Kier molecular flexibility index (Phi) is 5.09. The molecule has 0 saturated carbocycles. The van der Waals surface area contributed by atoms with Crippen molar-refractivity contribution >= 4 is 29.0 Å². The summed E-state index contributed by atoms with van der Waals surface area (Å²) >= 11 is 3.67. The Bertz CT molecular complexity index is 399. The Morgan fingerprint density at radius 3 is 3.06 bits per heavy atom. The second-order valence-electron chi connectivity index (χ2n) is 4.67. The van der Waals surface area contributed by atoms with Crippen LogP contribution in [-0.4, -0.2) is 30.0 Å². The third-order valence-corrected chi connectivity index (χ3v) is 5.31. The molecule has 3 nitrogen and oxygen atoms in total. The third-order valence-electron chi connectivity index (χ3n) is 3.00. The molecule has 1 aliphatic rings. The lowest BCUT2D eigenvalue weighted by molar-refractivity contribution is -0.122. The lowest BCUT2D eigenvalue weighted by Gasteiger charge is -2.23. The molecule has 1 fully saturated rings. The highest BCUT2D eigenvalue weighted by molar-refractivity contribution is 7.99. The Hall–Kier alpha value is -0.520. The van der Waals surface area contributed by atoms with Gasteiger partial charge >= 0.3 is 0 Å². The molecule has 2 N–H and O–H groups in total. The minimum Gasteiger partial charge on any atom is -0.349 e. The first-order valence-electron chi connectivity index (χ1n) is 6.32. The molecule has 2 heterocycles. The van der Waals surface area contributed by atoms with Gasteiger partial charge in [0.25, 0.3) is 0 Å². The molecule has 1 saturated heterocycles. The molecule has 0 spiro atoms. The molecule has 1 aromatic rings. The normalized spacial score (nSPS) is 21.6. The number of thioether (sulfide) groups is 1. The van der Waals surface area contributed by atoms with Crippen LogP contribution in [0.25, 0.3) is 0 Å². The number of hydrogen-bond acceptors (Lipinski definition) is 4. The molecular weight excluding hydrogens is 264 g/mol. The van der Waals surface area contributed by atoms with E-state index in [1.807, 2.05) is 18.7 Å². The number of carbonyl (C=O) groups is 1. The van der Waals surface area contributed by atoms with E-state index >= 15 is 0 Å². The standard InChI is InChI=1S/C13H20N2OS2/c1-9-3-4-12(18-9)10(2)15-13(16)7-11-8-17-6-5-14-11/h3-4,10-11,14H,5-8H2,1-2H3,(H,15,16). The Morgan fingerprint density at radius 2 is 2.44 bits per heavy atom. The SMILES string of the molecule is Cc1ccc(C(C)NC(=O)CC2CSCCN2)s1. The summed E-state index contributed by atoms with van der Waals surface area (Å²) < 4.78 is 0. The first-order valence-corrected chi connectivity index (χ1v) is 8.29. The minimum absolute atomic E-state index is 0.118. The third kappa shape index (κ3) is 4.00. The highest BCUT2D eigenvalue weighted by Gasteiger charge is 2.18. The molecule has 0 aliphatic carbocycles. The molecule has 2 rings (SSSR count). The second-order valence-corrected chi connectivity index (χ2v) is 7.14. The summed E-state index contributed by atoms with van der Waals surface area (Å²) in [5, 5.41) is 6.47. The Labute approximate surface area is 117 Å². The van der Waals surface area contributed by atoms with Crippen molar-refractivity contribution in [3.63, 3.8) is 0 Å². The van der Waals surface area contributed by atoms with E-state index in [-0.39, 0.29) is 11.9 Å². The topological polar surface area (TPSA) is 41.1 Å². The van der Waals surface area contributed by atoms with Crippen molar-refractivity contribution in [2.24, 2.45) is 0 Å². The molecule has 1 aliphatic heterocycles. The lowest BCUT2D eigenvalue weighted by atomic mass is 10.2. The summed E-state index contributed by atoms with van der Waals surface area (Å²) in [5.74, 6) is 2.34. The van der Waals surface area contributed by atoms with Crippen LogP contribution in [0.5, 0.6) is 0 Å². The molecule has 0 radical (unpaired) electrons. The highest BCUT2D eigenvalue weighted by Crippen LogP contribution is 2.22. The summed E-state index contributed by atoms with van der Waals surface area (Å²) in [6.45, 7) is 5.15. The molecule has 18 heavy (non-hydrogen) atoms. The van der Waals surface area contributed by atoms with Gasteiger partial charge in [-0.25, -0.2) is 0 Å². The van der Waals surface area contributed by atoms with Gasteiger partial charge in [0.05, 0.1) is 6.04 Å². The van der Waals surface area contributed by atoms with Crippen LogP contribution in [0.3, 0.4) is 0 Å². The van der Waals surface area contributed by atoms with Gasteiger partial charge < -0.3 is 10.6 Å². The van der Waals surface area contributed by atoms with Crippen molar-refractivity contribution in [2.45, 2.75) is 32.4 Å². The zero-order valence-electron chi connectivity index (χ0n) is 10.9. The maximum Gasteiger partial charge on any atom is 0.222 e. The van der Waals surface area contributed by atoms with Gasteiger partial charge in [0.15, 0.2) is 0 Å². The van der Waals surface area contributed by atoms with Gasteiger partial charge in [-0.3, -0.25) is 4.79 Å². The molecule has 0 bridgehead atoms. The monoisotopic (exact) mass is 284 g/mol. The lowest BCUT2D eigenvalue weighted by Crippen LogP contribution is -2.41. The van der Waals surface area contributed by atoms with Gasteiger partial charge in [-0.15, -0.1) is 11.3 Å². The van der Waals surface area contributed by atoms with E-state index in [0.29, 0.717) is 12.5 Å². The molecular formula is C13H20N2OS2. The molecule has 1 amide bonds. The number of thiophene rings is 1. The van der Waals surface area contributed by atoms with E-state index in [9.17, 15) is 4.79 Å². The molecule has 5 heteroatoms. The fourth-order valence-electron chi connectivity index (χ4n) is 2.03. The van der Waals surface area contributed by atoms with Crippen molar-refractivity contribution in [1.82, 2.24) is 10.6 Å². The number of nitrogens with one attached hydrogen (secondary N) is 2. The van der Waals surface area contributed by atoms with E-state index in [0.717, 1.165) is 18.1 Å². The predicted octanol–water partition coefficient (Wildman–Crippen LogP) is 2.33. The van der Waals surface area contributed by atoms with Gasteiger partial charge in [-0.2, -0.15) is 11.8 Å². The van der Waals surface area contributed by atoms with Crippen LogP contribution < -0.4 is 10.6 Å². The summed E-state index contributed by atoms with van der Waals surface area (Å²) in [4.78, 5) is 14.5. The van der Waals surface area contributed by atoms with Crippen LogP contribution in [-0.2, 0) is 4.79 Å². The first-order chi connectivity index (χ1) is 8.65. The van der Waals surface area contributed by atoms with Crippen LogP contribution >= 0.6 is 23.1 Å². The van der Waals surface area contributed by atoms with E-state index in [1.165, 1.54) is 9.75 Å². The van der Waals surface area contributed by atoms with Crippen LogP contribution in [0.4, 0.5) is 0 Å². The number of rotatable bonds is 4. The van der Waals surface area contributed by atoms with Crippen LogP contribution in [0.15, 0.2) is 12.1 Å². The van der Waals surface area contributed by atoms with Gasteiger partial charge in [-0.05, 0) is 26.0 Å². The zero-order valence-corrected chi connectivity index (χ0v) is 12.5. The number of carbonyl (C=O) groups excluding carboxylic acids is 1. The van der Waals surface area contributed by atoms with E-state index in [4.69, 9.17) is 0 Å². The molecule has 2 atom stereocenters. The summed E-state index contributed by atoms with van der Waals surface area (Å²) in [6.07, 6.45) is 0.585. The predicted molar refractivity (Wildman–Crippen MR) is 79.3 cm³/mol. The molecule has 100 valence electrons. The van der Waals surface area contributed by atoms with Crippen molar-refractivity contribution in [2.75, 3.05) is 18.1 Å².